The average Bonchev–Trinajstić information content (AvgIpc) is 2.49. The van der Waals surface area contributed by atoms with E-state index in [-0.39, 0.29) is 6.61 Å². The summed E-state index contributed by atoms with van der Waals surface area (Å²) in [6.45, 7) is 3.52. The van der Waals surface area contributed by atoms with Crippen molar-refractivity contribution >= 4 is 5.69 Å². The van der Waals surface area contributed by atoms with Gasteiger partial charge in [-0.05, 0) is 0 Å². The molecule has 0 atom stereocenters. The normalized spacial score (nSPS) is 17.3. The number of fused-ring (bicyclic) bond motifs is 1. The third kappa shape index (κ3) is 1.52. The molecular formula is C8H14N4O. The standard InChI is InChI=1S/C8H14N4O/c9-7-5-10-12-2-1-11(3-4-13)6-8(7)12/h5,13H,1-4,6,9H2. The topological polar surface area (TPSA) is 67.3 Å². The van der Waals surface area contributed by atoms with Crippen molar-refractivity contribution in [2.45, 2.75) is 13.1 Å². The second-order valence-electron chi connectivity index (χ2n) is 3.27. The van der Waals surface area contributed by atoms with E-state index in [2.05, 4.69) is 10.00 Å². The number of rotatable bonds is 2. The maximum absolute atomic E-state index is 8.79. The van der Waals surface area contributed by atoms with E-state index in [0.29, 0.717) is 6.54 Å². The van der Waals surface area contributed by atoms with E-state index in [1.54, 1.807) is 6.20 Å². The van der Waals surface area contributed by atoms with Crippen molar-refractivity contribution in [1.29, 1.82) is 0 Å². The van der Waals surface area contributed by atoms with Gasteiger partial charge in [-0.15, -0.1) is 0 Å². The van der Waals surface area contributed by atoms with Gasteiger partial charge in [-0.25, -0.2) is 0 Å². The number of hydrogen-bond acceptors (Lipinski definition) is 4. The van der Waals surface area contributed by atoms with Crippen molar-refractivity contribution in [2.75, 3.05) is 25.4 Å². The minimum Gasteiger partial charge on any atom is -0.396 e. The Labute approximate surface area is 76.8 Å². The summed E-state index contributed by atoms with van der Waals surface area (Å²) in [5.74, 6) is 0. The lowest BCUT2D eigenvalue weighted by Crippen LogP contribution is -2.35. The van der Waals surface area contributed by atoms with Crippen molar-refractivity contribution in [3.63, 3.8) is 0 Å². The van der Waals surface area contributed by atoms with Crippen LogP contribution in [0.3, 0.4) is 0 Å². The summed E-state index contributed by atoms with van der Waals surface area (Å²) < 4.78 is 1.93. The maximum Gasteiger partial charge on any atom is 0.0754 e. The molecule has 1 aliphatic rings. The van der Waals surface area contributed by atoms with Gasteiger partial charge in [0.15, 0.2) is 0 Å². The van der Waals surface area contributed by atoms with E-state index in [1.807, 2.05) is 4.68 Å². The summed E-state index contributed by atoms with van der Waals surface area (Å²) in [7, 11) is 0. The van der Waals surface area contributed by atoms with Crippen LogP contribution in [0.1, 0.15) is 5.69 Å². The number of hydrogen-bond donors (Lipinski definition) is 2. The first-order valence-corrected chi connectivity index (χ1v) is 4.44. The van der Waals surface area contributed by atoms with Crippen LogP contribution in [0.25, 0.3) is 0 Å². The van der Waals surface area contributed by atoms with Crippen LogP contribution in [0.15, 0.2) is 6.20 Å². The van der Waals surface area contributed by atoms with Crippen LogP contribution in [-0.2, 0) is 13.1 Å². The zero-order valence-electron chi connectivity index (χ0n) is 7.48. The molecule has 1 aromatic heterocycles. The van der Waals surface area contributed by atoms with E-state index in [9.17, 15) is 0 Å². The van der Waals surface area contributed by atoms with Gasteiger partial charge in [-0.1, -0.05) is 0 Å². The molecule has 0 unspecified atom stereocenters. The lowest BCUT2D eigenvalue weighted by molar-refractivity contribution is 0.164. The first-order valence-electron chi connectivity index (χ1n) is 4.44. The monoisotopic (exact) mass is 182 g/mol. The fourth-order valence-corrected chi connectivity index (χ4v) is 1.65. The minimum atomic E-state index is 0.202. The summed E-state index contributed by atoms with van der Waals surface area (Å²) in [5, 5.41) is 12.9. The highest BCUT2D eigenvalue weighted by Gasteiger charge is 2.18. The van der Waals surface area contributed by atoms with Gasteiger partial charge in [0, 0.05) is 19.6 Å². The van der Waals surface area contributed by atoms with Crippen LogP contribution in [-0.4, -0.2) is 39.5 Å². The highest BCUT2D eigenvalue weighted by Crippen LogP contribution is 2.17. The van der Waals surface area contributed by atoms with Gasteiger partial charge in [0.25, 0.3) is 0 Å². The molecule has 0 radical (unpaired) electrons. The summed E-state index contributed by atoms with van der Waals surface area (Å²) in [6, 6.07) is 0. The van der Waals surface area contributed by atoms with Crippen molar-refractivity contribution in [1.82, 2.24) is 14.7 Å². The highest BCUT2D eigenvalue weighted by atomic mass is 16.3. The van der Waals surface area contributed by atoms with Gasteiger partial charge in [-0.3, -0.25) is 9.58 Å². The number of nitrogens with zero attached hydrogens (tertiary/aromatic N) is 3. The zero-order chi connectivity index (χ0) is 9.26. The van der Waals surface area contributed by atoms with Crippen molar-refractivity contribution in [3.8, 4) is 0 Å². The van der Waals surface area contributed by atoms with Crippen LogP contribution < -0.4 is 5.73 Å². The molecule has 0 saturated carbocycles. The van der Waals surface area contributed by atoms with E-state index in [1.165, 1.54) is 0 Å². The number of β-amino-alcohol motifs (C(OH)–C–C–N with tert-alkyl or cyclic N) is 1. The Morgan fingerprint density at radius 2 is 2.38 bits per heavy atom. The lowest BCUT2D eigenvalue weighted by Gasteiger charge is -2.26. The van der Waals surface area contributed by atoms with Gasteiger partial charge in [0.1, 0.15) is 0 Å². The lowest BCUT2D eigenvalue weighted by atomic mass is 10.3. The molecule has 0 aromatic carbocycles. The largest absolute Gasteiger partial charge is 0.396 e. The van der Waals surface area contributed by atoms with E-state index in [0.717, 1.165) is 31.0 Å². The van der Waals surface area contributed by atoms with Gasteiger partial charge in [-0.2, -0.15) is 5.10 Å². The fourth-order valence-electron chi connectivity index (χ4n) is 1.65. The number of aliphatic hydroxyl groups is 1. The third-order valence-corrected chi connectivity index (χ3v) is 2.40. The number of anilines is 1. The molecule has 2 heterocycles. The fraction of sp³-hybridized carbons (Fsp3) is 0.625. The molecule has 2 rings (SSSR count). The van der Waals surface area contributed by atoms with E-state index < -0.39 is 0 Å². The number of nitrogens with two attached hydrogens (primary N) is 1. The first-order chi connectivity index (χ1) is 6.31. The second-order valence-corrected chi connectivity index (χ2v) is 3.27. The molecule has 0 fully saturated rings. The minimum absolute atomic E-state index is 0.202. The third-order valence-electron chi connectivity index (χ3n) is 2.40. The molecule has 0 amide bonds. The SMILES string of the molecule is Nc1cnn2c1CN(CCO)CC2. The van der Waals surface area contributed by atoms with Gasteiger partial charge in [0.05, 0.1) is 30.7 Å². The molecule has 1 aliphatic heterocycles. The average molecular weight is 182 g/mol. The number of aliphatic hydroxyl groups excluding tert-OH is 1. The van der Waals surface area contributed by atoms with E-state index in [4.69, 9.17) is 10.8 Å². The van der Waals surface area contributed by atoms with Crippen molar-refractivity contribution in [3.05, 3.63) is 11.9 Å². The van der Waals surface area contributed by atoms with Gasteiger partial charge >= 0.3 is 0 Å². The highest BCUT2D eigenvalue weighted by molar-refractivity contribution is 5.41. The predicted molar refractivity (Wildman–Crippen MR) is 49.0 cm³/mol. The first kappa shape index (κ1) is 8.52. The molecule has 5 heteroatoms. The summed E-state index contributed by atoms with van der Waals surface area (Å²) in [6.07, 6.45) is 1.69. The summed E-state index contributed by atoms with van der Waals surface area (Å²) >= 11 is 0. The number of aromatic nitrogens is 2. The summed E-state index contributed by atoms with van der Waals surface area (Å²) in [4.78, 5) is 2.17. The van der Waals surface area contributed by atoms with Crippen LogP contribution in [0, 0.1) is 0 Å². The molecule has 72 valence electrons. The molecule has 5 nitrogen and oxygen atoms in total. The Bertz CT molecular complexity index is 296. The molecule has 0 saturated heterocycles. The Hall–Kier alpha value is -1.07. The molecule has 13 heavy (non-hydrogen) atoms. The van der Waals surface area contributed by atoms with Crippen LogP contribution >= 0.6 is 0 Å². The Kier molecular flexibility index (Phi) is 2.20. The quantitative estimate of drug-likeness (QED) is 0.633. The van der Waals surface area contributed by atoms with Gasteiger partial charge in [0.2, 0.25) is 0 Å². The van der Waals surface area contributed by atoms with Crippen LogP contribution in [0.2, 0.25) is 0 Å². The second kappa shape index (κ2) is 3.35. The maximum atomic E-state index is 8.79. The molecule has 3 N–H and O–H groups in total. The molecule has 0 spiro atoms. The zero-order valence-corrected chi connectivity index (χ0v) is 7.48. The number of nitrogen functional groups attached to an aromatic ring is 1. The van der Waals surface area contributed by atoms with Crippen LogP contribution in [0.5, 0.6) is 0 Å². The molecule has 1 aromatic rings. The van der Waals surface area contributed by atoms with Crippen molar-refractivity contribution in [2.24, 2.45) is 0 Å². The Morgan fingerprint density at radius 1 is 1.54 bits per heavy atom. The van der Waals surface area contributed by atoms with Gasteiger partial charge < -0.3 is 10.8 Å². The smallest absolute Gasteiger partial charge is 0.0754 e. The van der Waals surface area contributed by atoms with E-state index >= 15 is 0 Å². The Balaban J connectivity index is 2.13. The van der Waals surface area contributed by atoms with Crippen LogP contribution in [0.4, 0.5) is 5.69 Å². The summed E-state index contributed by atoms with van der Waals surface area (Å²) in [5.41, 5.74) is 7.57. The molecular weight excluding hydrogens is 168 g/mol. The molecule has 0 bridgehead atoms. The predicted octanol–water partition coefficient (Wildman–Crippen LogP) is -0.727. The Morgan fingerprint density at radius 3 is 3.15 bits per heavy atom. The molecule has 0 aliphatic carbocycles. The van der Waals surface area contributed by atoms with Crippen molar-refractivity contribution < 1.29 is 5.11 Å².